The largest absolute Gasteiger partial charge is 0.370 e. The highest BCUT2D eigenvalue weighted by Crippen LogP contribution is 2.41. The highest BCUT2D eigenvalue weighted by molar-refractivity contribution is 5.53. The van der Waals surface area contributed by atoms with Gasteiger partial charge in [0, 0.05) is 24.2 Å². The van der Waals surface area contributed by atoms with Crippen molar-refractivity contribution >= 4 is 5.69 Å². The molecule has 1 spiro atoms. The molecule has 0 amide bonds. The normalized spacial score (nSPS) is 22.6. The van der Waals surface area contributed by atoms with Gasteiger partial charge in [0.25, 0.3) is 0 Å². The summed E-state index contributed by atoms with van der Waals surface area (Å²) < 4.78 is 0. The van der Waals surface area contributed by atoms with E-state index in [1.807, 2.05) is 0 Å². The first-order valence-electron chi connectivity index (χ1n) is 6.71. The maximum Gasteiger partial charge on any atom is 0.0371 e. The van der Waals surface area contributed by atoms with E-state index in [1.165, 1.54) is 55.8 Å². The fourth-order valence-electron chi connectivity index (χ4n) is 3.35. The van der Waals surface area contributed by atoms with Gasteiger partial charge in [-0.25, -0.2) is 0 Å². The Bertz CT molecular complexity index is 391. The summed E-state index contributed by atoms with van der Waals surface area (Å²) in [6.07, 6.45) is 2.71. The van der Waals surface area contributed by atoms with Gasteiger partial charge in [0.2, 0.25) is 0 Å². The molecule has 2 saturated heterocycles. The summed E-state index contributed by atoms with van der Waals surface area (Å²) in [6, 6.07) is 6.89. The van der Waals surface area contributed by atoms with Crippen LogP contribution in [0.3, 0.4) is 0 Å². The fourth-order valence-corrected chi connectivity index (χ4v) is 3.35. The molecule has 1 aromatic carbocycles. The highest BCUT2D eigenvalue weighted by atomic mass is 15.2. The smallest absolute Gasteiger partial charge is 0.0371 e. The van der Waals surface area contributed by atoms with Crippen LogP contribution in [0.5, 0.6) is 0 Å². The minimum absolute atomic E-state index is 0.628. The molecule has 3 rings (SSSR count). The zero-order chi connectivity index (χ0) is 11.9. The van der Waals surface area contributed by atoms with E-state index in [9.17, 15) is 0 Å². The average molecular weight is 230 g/mol. The van der Waals surface area contributed by atoms with E-state index < -0.39 is 0 Å². The molecule has 92 valence electrons. The maximum absolute atomic E-state index is 3.46. The summed E-state index contributed by atoms with van der Waals surface area (Å²) in [5.41, 5.74) is 4.81. The van der Waals surface area contributed by atoms with E-state index in [0.29, 0.717) is 5.41 Å². The second-order valence-electron chi connectivity index (χ2n) is 5.95. The molecule has 0 aliphatic carbocycles. The maximum atomic E-state index is 3.46. The Balaban J connectivity index is 1.71. The Hall–Kier alpha value is -1.02. The van der Waals surface area contributed by atoms with Gasteiger partial charge in [0.1, 0.15) is 0 Å². The number of aryl methyl sites for hydroxylation is 2. The number of anilines is 1. The molecule has 2 nitrogen and oxygen atoms in total. The van der Waals surface area contributed by atoms with Crippen molar-refractivity contribution in [1.82, 2.24) is 5.32 Å². The average Bonchev–Trinajstić information content (AvgIpc) is 2.25. The lowest BCUT2D eigenvalue weighted by molar-refractivity contribution is 0.150. The van der Waals surface area contributed by atoms with E-state index in [-0.39, 0.29) is 0 Å². The van der Waals surface area contributed by atoms with E-state index in [1.54, 1.807) is 0 Å². The predicted molar refractivity (Wildman–Crippen MR) is 72.7 cm³/mol. The Morgan fingerprint density at radius 2 is 1.59 bits per heavy atom. The molecule has 17 heavy (non-hydrogen) atoms. The summed E-state index contributed by atoms with van der Waals surface area (Å²) in [6.45, 7) is 9.32. The molecule has 2 aliphatic rings. The van der Waals surface area contributed by atoms with Crippen molar-refractivity contribution in [3.63, 3.8) is 0 Å². The molecule has 0 aromatic heterocycles. The summed E-state index contributed by atoms with van der Waals surface area (Å²) in [5.74, 6) is 0. The molecule has 2 heterocycles. The summed E-state index contributed by atoms with van der Waals surface area (Å²) in [5, 5.41) is 3.46. The SMILES string of the molecule is Cc1cc(C)cc(N2CC3(CCNCC3)C2)c1. The van der Waals surface area contributed by atoms with Crippen molar-refractivity contribution in [3.05, 3.63) is 29.3 Å². The molecule has 1 aromatic rings. The van der Waals surface area contributed by atoms with Gasteiger partial charge in [-0.05, 0) is 63.0 Å². The lowest BCUT2D eigenvalue weighted by atomic mass is 9.72. The quantitative estimate of drug-likeness (QED) is 0.797. The van der Waals surface area contributed by atoms with Crippen LogP contribution >= 0.6 is 0 Å². The third kappa shape index (κ3) is 2.06. The first-order chi connectivity index (χ1) is 8.17. The van der Waals surface area contributed by atoms with Crippen molar-refractivity contribution in [2.24, 2.45) is 5.41 Å². The van der Waals surface area contributed by atoms with Crippen LogP contribution < -0.4 is 10.2 Å². The van der Waals surface area contributed by atoms with E-state index in [2.05, 4.69) is 42.3 Å². The number of piperidine rings is 1. The minimum atomic E-state index is 0.628. The van der Waals surface area contributed by atoms with Gasteiger partial charge in [-0.2, -0.15) is 0 Å². The van der Waals surface area contributed by atoms with Gasteiger partial charge in [-0.15, -0.1) is 0 Å². The summed E-state index contributed by atoms with van der Waals surface area (Å²) in [4.78, 5) is 2.55. The number of hydrogen-bond acceptors (Lipinski definition) is 2. The first kappa shape index (κ1) is 11.1. The van der Waals surface area contributed by atoms with Gasteiger partial charge in [0.15, 0.2) is 0 Å². The van der Waals surface area contributed by atoms with Crippen LogP contribution in [0.25, 0.3) is 0 Å². The first-order valence-corrected chi connectivity index (χ1v) is 6.71. The lowest BCUT2D eigenvalue weighted by Gasteiger charge is -2.53. The number of hydrogen-bond donors (Lipinski definition) is 1. The molecular formula is C15H22N2. The Morgan fingerprint density at radius 3 is 2.18 bits per heavy atom. The van der Waals surface area contributed by atoms with E-state index in [0.717, 1.165) is 0 Å². The Morgan fingerprint density at radius 1 is 1.00 bits per heavy atom. The highest BCUT2D eigenvalue weighted by Gasteiger charge is 2.43. The molecular weight excluding hydrogens is 208 g/mol. The van der Waals surface area contributed by atoms with Crippen LogP contribution in [0.2, 0.25) is 0 Å². The van der Waals surface area contributed by atoms with Crippen molar-refractivity contribution in [1.29, 1.82) is 0 Å². The van der Waals surface area contributed by atoms with Gasteiger partial charge in [0.05, 0.1) is 0 Å². The van der Waals surface area contributed by atoms with Gasteiger partial charge in [-0.3, -0.25) is 0 Å². The van der Waals surface area contributed by atoms with Gasteiger partial charge in [-0.1, -0.05) is 6.07 Å². The van der Waals surface area contributed by atoms with Crippen LogP contribution in [0.15, 0.2) is 18.2 Å². The molecule has 0 radical (unpaired) electrons. The number of nitrogens with one attached hydrogen (secondary N) is 1. The summed E-state index contributed by atoms with van der Waals surface area (Å²) >= 11 is 0. The second kappa shape index (κ2) is 4.02. The van der Waals surface area contributed by atoms with Crippen LogP contribution in [0.1, 0.15) is 24.0 Å². The molecule has 0 atom stereocenters. The number of benzene rings is 1. The molecule has 2 aliphatic heterocycles. The molecule has 0 bridgehead atoms. The fraction of sp³-hybridized carbons (Fsp3) is 0.600. The third-order valence-corrected chi connectivity index (χ3v) is 4.29. The van der Waals surface area contributed by atoms with Crippen LogP contribution in [-0.4, -0.2) is 26.2 Å². The summed E-state index contributed by atoms with van der Waals surface area (Å²) in [7, 11) is 0. The van der Waals surface area contributed by atoms with E-state index in [4.69, 9.17) is 0 Å². The molecule has 2 heteroatoms. The van der Waals surface area contributed by atoms with E-state index >= 15 is 0 Å². The predicted octanol–water partition coefficient (Wildman–Crippen LogP) is 2.49. The Kier molecular flexibility index (Phi) is 2.62. The van der Waals surface area contributed by atoms with Crippen molar-refractivity contribution in [3.8, 4) is 0 Å². The van der Waals surface area contributed by atoms with Gasteiger partial charge >= 0.3 is 0 Å². The molecule has 0 saturated carbocycles. The molecule has 1 N–H and O–H groups in total. The molecule has 0 unspecified atom stereocenters. The zero-order valence-electron chi connectivity index (χ0n) is 10.9. The van der Waals surface area contributed by atoms with Crippen molar-refractivity contribution < 1.29 is 0 Å². The zero-order valence-corrected chi connectivity index (χ0v) is 10.9. The number of nitrogens with zero attached hydrogens (tertiary/aromatic N) is 1. The lowest BCUT2D eigenvalue weighted by Crippen LogP contribution is -2.60. The van der Waals surface area contributed by atoms with Crippen LogP contribution in [-0.2, 0) is 0 Å². The topological polar surface area (TPSA) is 15.3 Å². The standard InChI is InChI=1S/C15H22N2/c1-12-7-13(2)9-14(8-12)17-10-15(11-17)3-5-16-6-4-15/h7-9,16H,3-6,10-11H2,1-2H3. The van der Waals surface area contributed by atoms with Crippen LogP contribution in [0.4, 0.5) is 5.69 Å². The van der Waals surface area contributed by atoms with Crippen molar-refractivity contribution in [2.45, 2.75) is 26.7 Å². The minimum Gasteiger partial charge on any atom is -0.370 e. The Labute approximate surface area is 104 Å². The van der Waals surface area contributed by atoms with Gasteiger partial charge < -0.3 is 10.2 Å². The second-order valence-corrected chi connectivity index (χ2v) is 5.95. The monoisotopic (exact) mass is 230 g/mol. The molecule has 2 fully saturated rings. The van der Waals surface area contributed by atoms with Crippen LogP contribution in [0, 0.1) is 19.3 Å². The number of rotatable bonds is 1. The van der Waals surface area contributed by atoms with Crippen molar-refractivity contribution in [2.75, 3.05) is 31.1 Å². The third-order valence-electron chi connectivity index (χ3n) is 4.29.